The molecule has 0 unspecified atom stereocenters. The van der Waals surface area contributed by atoms with Crippen LogP contribution < -0.4 is 5.32 Å². The van der Waals surface area contributed by atoms with Crippen molar-refractivity contribution in [2.45, 2.75) is 6.92 Å². The highest BCUT2D eigenvalue weighted by atomic mass is 16.3. The molecular weight excluding hydrogens is 266 g/mol. The fourth-order valence-corrected chi connectivity index (χ4v) is 1.94. The number of benzene rings is 1. The third-order valence-electron chi connectivity index (χ3n) is 2.86. The van der Waals surface area contributed by atoms with E-state index in [0.29, 0.717) is 17.2 Å². The van der Waals surface area contributed by atoms with Gasteiger partial charge in [0.15, 0.2) is 11.5 Å². The number of fused-ring (bicyclic) bond motifs is 1. The Labute approximate surface area is 121 Å². The molecule has 2 heterocycles. The summed E-state index contributed by atoms with van der Waals surface area (Å²) in [5.41, 5.74) is 2.83. The number of anilines is 1. The number of rotatable bonds is 3. The summed E-state index contributed by atoms with van der Waals surface area (Å²) in [6.07, 6.45) is 4.78. The average Bonchev–Trinajstić information content (AvgIpc) is 2.85. The van der Waals surface area contributed by atoms with E-state index in [-0.39, 0.29) is 5.91 Å². The summed E-state index contributed by atoms with van der Waals surface area (Å²) in [7, 11) is 0. The lowest BCUT2D eigenvalue weighted by molar-refractivity contribution is -0.111. The smallest absolute Gasteiger partial charge is 0.248 e. The molecule has 0 spiro atoms. The summed E-state index contributed by atoms with van der Waals surface area (Å²) in [6.45, 7) is 1.79. The zero-order valence-corrected chi connectivity index (χ0v) is 11.4. The van der Waals surface area contributed by atoms with Gasteiger partial charge < -0.3 is 9.73 Å². The number of aromatic nitrogens is 2. The molecule has 0 aliphatic heterocycles. The number of oxazole rings is 1. The quantitative estimate of drug-likeness (QED) is 0.748. The van der Waals surface area contributed by atoms with Gasteiger partial charge in [-0.05, 0) is 36.4 Å². The molecule has 0 aliphatic carbocycles. The summed E-state index contributed by atoms with van der Waals surface area (Å²) in [5.74, 6) is 0.378. The maximum Gasteiger partial charge on any atom is 0.248 e. The number of carbonyl (C=O) groups is 1. The molecular formula is C16H13N3O2. The van der Waals surface area contributed by atoms with Crippen molar-refractivity contribution in [3.8, 4) is 0 Å². The van der Waals surface area contributed by atoms with E-state index in [0.717, 1.165) is 11.2 Å². The Hall–Kier alpha value is -2.95. The van der Waals surface area contributed by atoms with Crippen LogP contribution in [-0.2, 0) is 4.79 Å². The molecule has 0 atom stereocenters. The molecule has 1 amide bonds. The van der Waals surface area contributed by atoms with E-state index in [1.807, 2.05) is 18.2 Å². The molecule has 5 heteroatoms. The van der Waals surface area contributed by atoms with Gasteiger partial charge in [-0.2, -0.15) is 0 Å². The van der Waals surface area contributed by atoms with Crippen molar-refractivity contribution >= 4 is 28.8 Å². The van der Waals surface area contributed by atoms with Gasteiger partial charge in [0, 0.05) is 24.9 Å². The minimum Gasteiger partial charge on any atom is -0.441 e. The molecule has 1 aromatic carbocycles. The Morgan fingerprint density at radius 3 is 3.00 bits per heavy atom. The van der Waals surface area contributed by atoms with Gasteiger partial charge in [-0.3, -0.25) is 9.78 Å². The fraction of sp³-hybridized carbons (Fsp3) is 0.0625. The molecule has 1 N–H and O–H groups in total. The molecule has 2 aromatic heterocycles. The second-order valence-corrected chi connectivity index (χ2v) is 4.49. The maximum absolute atomic E-state index is 11.9. The monoisotopic (exact) mass is 279 g/mol. The van der Waals surface area contributed by atoms with Crippen LogP contribution in [0.15, 0.2) is 53.1 Å². The Kier molecular flexibility index (Phi) is 3.47. The first-order chi connectivity index (χ1) is 10.2. The number of nitrogens with one attached hydrogen (secondary N) is 1. The van der Waals surface area contributed by atoms with Crippen LogP contribution in [0.1, 0.15) is 11.6 Å². The van der Waals surface area contributed by atoms with Crippen LogP contribution in [0, 0.1) is 6.92 Å². The molecule has 0 radical (unpaired) electrons. The van der Waals surface area contributed by atoms with Crippen LogP contribution in [0.25, 0.3) is 17.2 Å². The number of amides is 1. The SMILES string of the molecule is Cc1nc2cc(NC(=O)/C=C/c3ccccn3)ccc2o1. The number of carbonyl (C=O) groups excluding carboxylic acids is 1. The zero-order chi connectivity index (χ0) is 14.7. The first kappa shape index (κ1) is 13.1. The highest BCUT2D eigenvalue weighted by molar-refractivity contribution is 6.02. The van der Waals surface area contributed by atoms with Crippen LogP contribution >= 0.6 is 0 Å². The van der Waals surface area contributed by atoms with Gasteiger partial charge in [0.2, 0.25) is 5.91 Å². The van der Waals surface area contributed by atoms with Gasteiger partial charge in [0.25, 0.3) is 0 Å². The van der Waals surface area contributed by atoms with Gasteiger partial charge in [-0.25, -0.2) is 4.98 Å². The highest BCUT2D eigenvalue weighted by Gasteiger charge is 2.04. The average molecular weight is 279 g/mol. The highest BCUT2D eigenvalue weighted by Crippen LogP contribution is 2.19. The Morgan fingerprint density at radius 2 is 2.19 bits per heavy atom. The van der Waals surface area contributed by atoms with E-state index >= 15 is 0 Å². The molecule has 5 nitrogen and oxygen atoms in total. The molecule has 0 aliphatic rings. The molecule has 3 aromatic rings. The van der Waals surface area contributed by atoms with Gasteiger partial charge in [-0.1, -0.05) is 6.07 Å². The lowest BCUT2D eigenvalue weighted by atomic mass is 10.2. The van der Waals surface area contributed by atoms with Crippen molar-refractivity contribution in [2.24, 2.45) is 0 Å². The van der Waals surface area contributed by atoms with Crippen molar-refractivity contribution in [1.29, 1.82) is 0 Å². The van der Waals surface area contributed by atoms with Gasteiger partial charge in [0.05, 0.1) is 5.69 Å². The Bertz CT molecular complexity index is 807. The minimum atomic E-state index is -0.222. The van der Waals surface area contributed by atoms with E-state index in [9.17, 15) is 4.79 Å². The third-order valence-corrected chi connectivity index (χ3v) is 2.86. The molecule has 104 valence electrons. The van der Waals surface area contributed by atoms with Crippen molar-refractivity contribution in [2.75, 3.05) is 5.32 Å². The second-order valence-electron chi connectivity index (χ2n) is 4.49. The normalized spacial score (nSPS) is 11.1. The summed E-state index contributed by atoms with van der Waals surface area (Å²) in [6, 6.07) is 10.9. The minimum absolute atomic E-state index is 0.222. The van der Waals surface area contributed by atoms with Crippen molar-refractivity contribution in [3.63, 3.8) is 0 Å². The number of aryl methyl sites for hydroxylation is 1. The van der Waals surface area contributed by atoms with Crippen LogP contribution in [-0.4, -0.2) is 15.9 Å². The molecule has 0 bridgehead atoms. The number of hydrogen-bond donors (Lipinski definition) is 1. The van der Waals surface area contributed by atoms with Gasteiger partial charge >= 0.3 is 0 Å². The van der Waals surface area contributed by atoms with Crippen molar-refractivity contribution < 1.29 is 9.21 Å². The maximum atomic E-state index is 11.9. The number of nitrogens with zero attached hydrogens (tertiary/aromatic N) is 2. The number of pyridine rings is 1. The topological polar surface area (TPSA) is 68.0 Å². The van der Waals surface area contributed by atoms with E-state index < -0.39 is 0 Å². The van der Waals surface area contributed by atoms with Crippen LogP contribution in [0.4, 0.5) is 5.69 Å². The zero-order valence-electron chi connectivity index (χ0n) is 11.4. The molecule has 21 heavy (non-hydrogen) atoms. The van der Waals surface area contributed by atoms with E-state index in [2.05, 4.69) is 15.3 Å². The summed E-state index contributed by atoms with van der Waals surface area (Å²) in [4.78, 5) is 20.2. The first-order valence-corrected chi connectivity index (χ1v) is 6.48. The fourth-order valence-electron chi connectivity index (χ4n) is 1.94. The van der Waals surface area contributed by atoms with Crippen molar-refractivity contribution in [3.05, 3.63) is 60.3 Å². The Balaban J connectivity index is 1.72. The van der Waals surface area contributed by atoms with Crippen LogP contribution in [0.5, 0.6) is 0 Å². The van der Waals surface area contributed by atoms with E-state index in [4.69, 9.17) is 4.42 Å². The largest absolute Gasteiger partial charge is 0.441 e. The predicted molar refractivity (Wildman–Crippen MR) is 80.6 cm³/mol. The lowest BCUT2D eigenvalue weighted by Crippen LogP contribution is -2.07. The summed E-state index contributed by atoms with van der Waals surface area (Å²) < 4.78 is 5.39. The number of hydrogen-bond acceptors (Lipinski definition) is 4. The molecule has 0 saturated carbocycles. The van der Waals surface area contributed by atoms with Gasteiger partial charge in [0.1, 0.15) is 5.52 Å². The predicted octanol–water partition coefficient (Wildman–Crippen LogP) is 3.18. The van der Waals surface area contributed by atoms with E-state index in [1.165, 1.54) is 6.08 Å². The van der Waals surface area contributed by atoms with Gasteiger partial charge in [-0.15, -0.1) is 0 Å². The standard InChI is InChI=1S/C16H13N3O2/c1-11-18-14-10-13(5-7-15(14)21-11)19-16(20)8-6-12-4-2-3-9-17-12/h2-10H,1H3,(H,19,20)/b8-6+. The lowest BCUT2D eigenvalue weighted by Gasteiger charge is -2.01. The van der Waals surface area contributed by atoms with Crippen molar-refractivity contribution in [1.82, 2.24) is 9.97 Å². The summed E-state index contributed by atoms with van der Waals surface area (Å²) >= 11 is 0. The molecule has 3 rings (SSSR count). The molecule has 0 fully saturated rings. The third kappa shape index (κ3) is 3.14. The Morgan fingerprint density at radius 1 is 1.29 bits per heavy atom. The van der Waals surface area contributed by atoms with Crippen LogP contribution in [0.3, 0.4) is 0 Å². The first-order valence-electron chi connectivity index (χ1n) is 6.48. The van der Waals surface area contributed by atoms with Crippen LogP contribution in [0.2, 0.25) is 0 Å². The molecule has 0 saturated heterocycles. The van der Waals surface area contributed by atoms with E-state index in [1.54, 1.807) is 37.4 Å². The summed E-state index contributed by atoms with van der Waals surface area (Å²) in [5, 5.41) is 2.78. The second kappa shape index (κ2) is 5.58.